The molecule has 0 fully saturated rings. The number of aromatic nitrogens is 1. The third kappa shape index (κ3) is 6.26. The minimum absolute atomic E-state index is 0.236. The second kappa shape index (κ2) is 10.7. The van der Waals surface area contributed by atoms with Crippen LogP contribution in [0.2, 0.25) is 0 Å². The number of amides is 1. The zero-order chi connectivity index (χ0) is 18.8. The van der Waals surface area contributed by atoms with Crippen molar-refractivity contribution in [2.75, 3.05) is 13.2 Å². The smallest absolute Gasteiger partial charge is 0.358 e. The van der Waals surface area contributed by atoms with Crippen molar-refractivity contribution in [3.05, 3.63) is 40.9 Å². The standard InChI is InChI=1S/C20H26N2O3S/c1-3-5-6-7-12-21-18(23)13-25-20(24)17-14-26-19(22-17)16-10-8-15(4-2)9-11-16/h8-11,14H,3-7,12-13H2,1-2H3,(H,21,23). The summed E-state index contributed by atoms with van der Waals surface area (Å²) in [6, 6.07) is 8.11. The molecule has 5 nitrogen and oxygen atoms in total. The van der Waals surface area contributed by atoms with Crippen LogP contribution < -0.4 is 5.32 Å². The highest BCUT2D eigenvalue weighted by Gasteiger charge is 2.14. The van der Waals surface area contributed by atoms with Crippen LogP contribution in [0.4, 0.5) is 0 Å². The first-order chi connectivity index (χ1) is 12.6. The highest BCUT2D eigenvalue weighted by Crippen LogP contribution is 2.24. The van der Waals surface area contributed by atoms with Crippen LogP contribution in [0.3, 0.4) is 0 Å². The molecule has 0 aliphatic heterocycles. The first-order valence-corrected chi connectivity index (χ1v) is 10.0. The van der Waals surface area contributed by atoms with Crippen molar-refractivity contribution in [2.24, 2.45) is 0 Å². The molecular formula is C20H26N2O3S. The molecule has 1 amide bonds. The lowest BCUT2D eigenvalue weighted by Crippen LogP contribution is -2.29. The molecule has 0 saturated heterocycles. The highest BCUT2D eigenvalue weighted by molar-refractivity contribution is 7.13. The van der Waals surface area contributed by atoms with Crippen LogP contribution in [-0.4, -0.2) is 30.0 Å². The fraction of sp³-hybridized carbons (Fsp3) is 0.450. The van der Waals surface area contributed by atoms with E-state index in [4.69, 9.17) is 4.74 Å². The number of thiazole rings is 1. The van der Waals surface area contributed by atoms with Crippen LogP contribution >= 0.6 is 11.3 Å². The first kappa shape index (κ1) is 20.1. The number of hydrogen-bond donors (Lipinski definition) is 1. The molecule has 2 aromatic rings. The number of unbranched alkanes of at least 4 members (excludes halogenated alkanes) is 3. The second-order valence-corrected chi connectivity index (χ2v) is 6.93. The predicted molar refractivity (Wildman–Crippen MR) is 104 cm³/mol. The van der Waals surface area contributed by atoms with Crippen LogP contribution in [-0.2, 0) is 16.0 Å². The summed E-state index contributed by atoms with van der Waals surface area (Å²) in [6.07, 6.45) is 5.34. The van der Waals surface area contributed by atoms with E-state index in [9.17, 15) is 9.59 Å². The maximum atomic E-state index is 12.1. The lowest BCUT2D eigenvalue weighted by molar-refractivity contribution is -0.124. The fourth-order valence-electron chi connectivity index (χ4n) is 2.42. The molecule has 0 atom stereocenters. The average Bonchev–Trinajstić information content (AvgIpc) is 3.16. The summed E-state index contributed by atoms with van der Waals surface area (Å²) in [5, 5.41) is 5.18. The van der Waals surface area contributed by atoms with E-state index in [0.29, 0.717) is 6.54 Å². The van der Waals surface area contributed by atoms with Crippen LogP contribution in [0.15, 0.2) is 29.6 Å². The monoisotopic (exact) mass is 374 g/mol. The number of benzene rings is 1. The number of rotatable bonds is 10. The summed E-state index contributed by atoms with van der Waals surface area (Å²) in [5.41, 5.74) is 2.46. The van der Waals surface area contributed by atoms with Crippen LogP contribution in [0.1, 0.15) is 55.6 Å². The number of aryl methyl sites for hydroxylation is 1. The van der Waals surface area contributed by atoms with Gasteiger partial charge >= 0.3 is 5.97 Å². The summed E-state index contributed by atoms with van der Waals surface area (Å²) in [5.74, 6) is -0.848. The van der Waals surface area contributed by atoms with Gasteiger partial charge in [-0.25, -0.2) is 9.78 Å². The molecule has 1 aromatic carbocycles. The zero-order valence-corrected chi connectivity index (χ0v) is 16.2. The van der Waals surface area contributed by atoms with E-state index in [0.717, 1.165) is 42.7 Å². The maximum Gasteiger partial charge on any atom is 0.358 e. The third-order valence-corrected chi connectivity index (χ3v) is 4.90. The molecule has 0 unspecified atom stereocenters. The van der Waals surface area contributed by atoms with Crippen LogP contribution in [0.5, 0.6) is 0 Å². The van der Waals surface area contributed by atoms with Crippen molar-refractivity contribution in [3.8, 4) is 10.6 Å². The van der Waals surface area contributed by atoms with Gasteiger partial charge in [0.2, 0.25) is 0 Å². The van der Waals surface area contributed by atoms with Crippen molar-refractivity contribution in [1.29, 1.82) is 0 Å². The van der Waals surface area contributed by atoms with Gasteiger partial charge in [0, 0.05) is 17.5 Å². The van der Waals surface area contributed by atoms with E-state index in [-0.39, 0.29) is 18.2 Å². The van der Waals surface area contributed by atoms with Crippen molar-refractivity contribution in [1.82, 2.24) is 10.3 Å². The lowest BCUT2D eigenvalue weighted by Gasteiger charge is -2.05. The number of carbonyl (C=O) groups excluding carboxylic acids is 2. The Morgan fingerprint density at radius 2 is 1.88 bits per heavy atom. The quantitative estimate of drug-likeness (QED) is 0.499. The number of esters is 1. The Morgan fingerprint density at radius 1 is 1.12 bits per heavy atom. The van der Waals surface area contributed by atoms with Gasteiger partial charge in [-0.1, -0.05) is 57.4 Å². The fourth-order valence-corrected chi connectivity index (χ4v) is 3.21. The van der Waals surface area contributed by atoms with Crippen molar-refractivity contribution in [2.45, 2.75) is 46.0 Å². The summed E-state index contributed by atoms with van der Waals surface area (Å²) in [6.45, 7) is 4.59. The molecule has 6 heteroatoms. The topological polar surface area (TPSA) is 68.3 Å². The molecule has 2 rings (SSSR count). The van der Waals surface area contributed by atoms with E-state index in [1.165, 1.54) is 16.9 Å². The Kier molecular flexibility index (Phi) is 8.28. The lowest BCUT2D eigenvalue weighted by atomic mass is 10.1. The molecule has 140 valence electrons. The average molecular weight is 375 g/mol. The first-order valence-electron chi connectivity index (χ1n) is 9.12. The number of ether oxygens (including phenoxy) is 1. The van der Waals surface area contributed by atoms with Crippen LogP contribution in [0.25, 0.3) is 10.6 Å². The molecule has 26 heavy (non-hydrogen) atoms. The number of carbonyl (C=O) groups is 2. The highest BCUT2D eigenvalue weighted by atomic mass is 32.1. The summed E-state index contributed by atoms with van der Waals surface area (Å²) < 4.78 is 5.05. The minimum Gasteiger partial charge on any atom is -0.451 e. The largest absolute Gasteiger partial charge is 0.451 e. The van der Waals surface area contributed by atoms with E-state index in [1.54, 1.807) is 5.38 Å². The molecule has 0 bridgehead atoms. The van der Waals surface area contributed by atoms with Gasteiger partial charge in [-0.2, -0.15) is 0 Å². The summed E-state index contributed by atoms with van der Waals surface area (Å²) in [7, 11) is 0. The second-order valence-electron chi connectivity index (χ2n) is 6.08. The van der Waals surface area contributed by atoms with E-state index < -0.39 is 5.97 Å². The van der Waals surface area contributed by atoms with Gasteiger partial charge in [0.15, 0.2) is 12.3 Å². The SMILES string of the molecule is CCCCCCNC(=O)COC(=O)c1csc(-c2ccc(CC)cc2)n1. The molecule has 1 N–H and O–H groups in total. The van der Waals surface area contributed by atoms with Gasteiger partial charge in [0.25, 0.3) is 5.91 Å². The minimum atomic E-state index is -0.571. The van der Waals surface area contributed by atoms with E-state index in [2.05, 4.69) is 36.3 Å². The molecular weight excluding hydrogens is 348 g/mol. The molecule has 1 heterocycles. The van der Waals surface area contributed by atoms with Crippen molar-refractivity contribution in [3.63, 3.8) is 0 Å². The van der Waals surface area contributed by atoms with Gasteiger partial charge in [-0.05, 0) is 18.4 Å². The van der Waals surface area contributed by atoms with E-state index in [1.807, 2.05) is 12.1 Å². The maximum absolute atomic E-state index is 12.1. The Balaban J connectivity index is 1.79. The molecule has 0 radical (unpaired) electrons. The zero-order valence-electron chi connectivity index (χ0n) is 15.4. The van der Waals surface area contributed by atoms with Gasteiger partial charge in [-0.15, -0.1) is 11.3 Å². The Labute approximate surface area is 158 Å². The van der Waals surface area contributed by atoms with Crippen LogP contribution in [0, 0.1) is 0 Å². The number of nitrogens with zero attached hydrogens (tertiary/aromatic N) is 1. The van der Waals surface area contributed by atoms with Gasteiger partial charge in [0.1, 0.15) is 5.01 Å². The Morgan fingerprint density at radius 3 is 2.58 bits per heavy atom. The van der Waals surface area contributed by atoms with Crippen molar-refractivity contribution < 1.29 is 14.3 Å². The number of hydrogen-bond acceptors (Lipinski definition) is 5. The molecule has 0 spiro atoms. The van der Waals surface area contributed by atoms with Gasteiger partial charge in [0.05, 0.1) is 0 Å². The summed E-state index contributed by atoms with van der Waals surface area (Å²) >= 11 is 1.39. The molecule has 0 aliphatic carbocycles. The normalized spacial score (nSPS) is 10.5. The Bertz CT molecular complexity index is 710. The molecule has 0 saturated carbocycles. The molecule has 1 aromatic heterocycles. The Hall–Kier alpha value is -2.21. The molecule has 0 aliphatic rings. The van der Waals surface area contributed by atoms with E-state index >= 15 is 0 Å². The third-order valence-electron chi connectivity index (χ3n) is 4.01. The van der Waals surface area contributed by atoms with Crippen molar-refractivity contribution >= 4 is 23.2 Å². The summed E-state index contributed by atoms with van der Waals surface area (Å²) in [4.78, 5) is 28.1. The predicted octanol–water partition coefficient (Wildman–Crippen LogP) is 4.23. The van der Waals surface area contributed by atoms with Gasteiger partial charge in [-0.3, -0.25) is 4.79 Å². The van der Waals surface area contributed by atoms with Gasteiger partial charge < -0.3 is 10.1 Å². The number of nitrogens with one attached hydrogen (secondary N) is 1.